The molecular weight excluding hydrogens is 436 g/mol. The van der Waals surface area contributed by atoms with Crippen molar-refractivity contribution in [3.63, 3.8) is 0 Å². The average Bonchev–Trinajstić information content (AvgIpc) is 3.39. The van der Waals surface area contributed by atoms with Crippen LogP contribution in [0.3, 0.4) is 0 Å². The van der Waals surface area contributed by atoms with E-state index in [1.54, 1.807) is 24.1 Å². The number of aromatic nitrogens is 2. The minimum absolute atomic E-state index is 0.0588. The van der Waals surface area contributed by atoms with E-state index < -0.39 is 24.0 Å². The highest BCUT2D eigenvalue weighted by molar-refractivity contribution is 5.86. The molecule has 1 aromatic heterocycles. The summed E-state index contributed by atoms with van der Waals surface area (Å²) < 4.78 is 7.26. The molecule has 0 saturated heterocycles. The van der Waals surface area contributed by atoms with Gasteiger partial charge in [-0.1, -0.05) is 48.5 Å². The third-order valence-electron chi connectivity index (χ3n) is 5.96. The molecule has 34 heavy (non-hydrogen) atoms. The quantitative estimate of drug-likeness (QED) is 0.449. The highest BCUT2D eigenvalue weighted by Crippen LogP contribution is 2.44. The first-order chi connectivity index (χ1) is 16.4. The molecule has 4 rings (SSSR count). The van der Waals surface area contributed by atoms with Gasteiger partial charge in [-0.15, -0.1) is 0 Å². The van der Waals surface area contributed by atoms with E-state index in [1.165, 1.54) is 0 Å². The number of rotatable bonds is 9. The van der Waals surface area contributed by atoms with E-state index in [-0.39, 0.29) is 31.9 Å². The number of carboxylic acids is 1. The van der Waals surface area contributed by atoms with Gasteiger partial charge in [0.15, 0.2) is 0 Å². The highest BCUT2D eigenvalue weighted by Gasteiger charge is 2.30. The normalized spacial score (nSPS) is 13.0. The van der Waals surface area contributed by atoms with Gasteiger partial charge in [0, 0.05) is 25.6 Å². The molecule has 2 aromatic carbocycles. The molecule has 1 atom stereocenters. The van der Waals surface area contributed by atoms with Crippen LogP contribution in [0.15, 0.2) is 61.1 Å². The van der Waals surface area contributed by atoms with Crippen LogP contribution in [0.2, 0.25) is 0 Å². The number of ether oxygens (including phenoxy) is 1. The SMILES string of the molecule is Cn1cncc1CNC(=O)C(CCC(=O)O)NC(=O)OCC1c2ccccc2-c2ccccc21. The maximum Gasteiger partial charge on any atom is 0.407 e. The molecule has 0 bridgehead atoms. The van der Waals surface area contributed by atoms with Crippen LogP contribution in [0.1, 0.15) is 35.6 Å². The topological polar surface area (TPSA) is 123 Å². The standard InChI is InChI=1S/C25H26N4O5/c1-29-15-26-12-16(29)13-27-24(32)22(10-11-23(30)31)28-25(33)34-14-21-19-8-4-2-6-17(19)18-7-3-5-9-20(18)21/h2-9,12,15,21-22H,10-11,13-14H2,1H3,(H,27,32)(H,28,33)(H,30,31). The number of imidazole rings is 1. The van der Waals surface area contributed by atoms with Crippen LogP contribution in [0.4, 0.5) is 4.79 Å². The van der Waals surface area contributed by atoms with E-state index in [4.69, 9.17) is 9.84 Å². The lowest BCUT2D eigenvalue weighted by Gasteiger charge is -2.19. The Morgan fingerprint density at radius 3 is 2.32 bits per heavy atom. The smallest absolute Gasteiger partial charge is 0.407 e. The lowest BCUT2D eigenvalue weighted by atomic mass is 9.98. The number of aryl methyl sites for hydroxylation is 1. The first kappa shape index (κ1) is 23.0. The minimum Gasteiger partial charge on any atom is -0.481 e. The number of carbonyl (C=O) groups excluding carboxylic acids is 2. The van der Waals surface area contributed by atoms with Crippen LogP contribution in [0.5, 0.6) is 0 Å². The van der Waals surface area contributed by atoms with Crippen molar-refractivity contribution in [2.45, 2.75) is 31.3 Å². The number of benzene rings is 2. The lowest BCUT2D eigenvalue weighted by molar-refractivity contribution is -0.137. The van der Waals surface area contributed by atoms with Crippen molar-refractivity contribution in [1.29, 1.82) is 0 Å². The Morgan fingerprint density at radius 2 is 1.74 bits per heavy atom. The van der Waals surface area contributed by atoms with Crippen LogP contribution in [0.25, 0.3) is 11.1 Å². The lowest BCUT2D eigenvalue weighted by Crippen LogP contribution is -2.47. The van der Waals surface area contributed by atoms with Crippen molar-refractivity contribution in [1.82, 2.24) is 20.2 Å². The van der Waals surface area contributed by atoms with Gasteiger partial charge in [0.05, 0.1) is 18.6 Å². The number of amides is 2. The van der Waals surface area contributed by atoms with Gasteiger partial charge in [-0.2, -0.15) is 0 Å². The summed E-state index contributed by atoms with van der Waals surface area (Å²) in [5.74, 6) is -1.66. The molecule has 2 amide bonds. The Morgan fingerprint density at radius 1 is 1.09 bits per heavy atom. The van der Waals surface area contributed by atoms with Gasteiger partial charge in [0.25, 0.3) is 0 Å². The monoisotopic (exact) mass is 462 g/mol. The summed E-state index contributed by atoms with van der Waals surface area (Å²) >= 11 is 0. The first-order valence-corrected chi connectivity index (χ1v) is 11.0. The zero-order chi connectivity index (χ0) is 24.1. The van der Waals surface area contributed by atoms with E-state index in [0.717, 1.165) is 27.9 Å². The number of hydrogen-bond donors (Lipinski definition) is 3. The van der Waals surface area contributed by atoms with Crippen molar-refractivity contribution in [2.75, 3.05) is 6.61 Å². The fourth-order valence-electron chi connectivity index (χ4n) is 4.17. The first-order valence-electron chi connectivity index (χ1n) is 11.0. The molecule has 176 valence electrons. The Hall–Kier alpha value is -4.14. The van der Waals surface area contributed by atoms with Gasteiger partial charge in [-0.25, -0.2) is 9.78 Å². The Balaban J connectivity index is 1.39. The van der Waals surface area contributed by atoms with Crippen LogP contribution in [-0.2, 0) is 27.9 Å². The molecule has 0 radical (unpaired) electrons. The predicted molar refractivity (Wildman–Crippen MR) is 124 cm³/mol. The molecule has 3 N–H and O–H groups in total. The van der Waals surface area contributed by atoms with Crippen molar-refractivity contribution < 1.29 is 24.2 Å². The number of carbonyl (C=O) groups is 3. The molecule has 1 aliphatic rings. The van der Waals surface area contributed by atoms with Crippen LogP contribution >= 0.6 is 0 Å². The molecular formula is C25H26N4O5. The summed E-state index contributed by atoms with van der Waals surface area (Å²) in [4.78, 5) is 40.3. The van der Waals surface area contributed by atoms with E-state index in [9.17, 15) is 14.4 Å². The molecule has 1 aliphatic carbocycles. The second kappa shape index (κ2) is 10.2. The van der Waals surface area contributed by atoms with Crippen molar-refractivity contribution in [2.24, 2.45) is 7.05 Å². The Kier molecular flexibility index (Phi) is 6.91. The number of hydrogen-bond acceptors (Lipinski definition) is 5. The zero-order valence-electron chi connectivity index (χ0n) is 18.7. The van der Waals surface area contributed by atoms with Crippen molar-refractivity contribution >= 4 is 18.0 Å². The van der Waals surface area contributed by atoms with Crippen LogP contribution in [-0.4, -0.2) is 45.3 Å². The summed E-state index contributed by atoms with van der Waals surface area (Å²) in [5, 5.41) is 14.3. The molecule has 1 unspecified atom stereocenters. The maximum atomic E-state index is 12.7. The van der Waals surface area contributed by atoms with Gasteiger partial charge in [0.1, 0.15) is 12.6 Å². The summed E-state index contributed by atoms with van der Waals surface area (Å²) in [6.07, 6.45) is 2.13. The second-order valence-electron chi connectivity index (χ2n) is 8.17. The average molecular weight is 463 g/mol. The van der Waals surface area contributed by atoms with E-state index in [1.807, 2.05) is 48.5 Å². The maximum absolute atomic E-state index is 12.7. The number of alkyl carbamates (subject to hydrolysis) is 1. The van der Waals surface area contributed by atoms with E-state index in [2.05, 4.69) is 15.6 Å². The minimum atomic E-state index is -1.06. The predicted octanol–water partition coefficient (Wildman–Crippen LogP) is 2.81. The zero-order valence-corrected chi connectivity index (χ0v) is 18.7. The van der Waals surface area contributed by atoms with Gasteiger partial charge in [0.2, 0.25) is 5.91 Å². The number of nitrogens with zero attached hydrogens (tertiary/aromatic N) is 2. The van der Waals surface area contributed by atoms with Crippen molar-refractivity contribution in [3.05, 3.63) is 77.9 Å². The van der Waals surface area contributed by atoms with Gasteiger partial charge in [-0.05, 0) is 28.7 Å². The van der Waals surface area contributed by atoms with E-state index >= 15 is 0 Å². The largest absolute Gasteiger partial charge is 0.481 e. The van der Waals surface area contributed by atoms with Gasteiger partial charge < -0.3 is 25.0 Å². The van der Waals surface area contributed by atoms with E-state index in [0.29, 0.717) is 0 Å². The highest BCUT2D eigenvalue weighted by atomic mass is 16.5. The Labute approximate surface area is 196 Å². The number of nitrogens with one attached hydrogen (secondary N) is 2. The molecule has 0 saturated carbocycles. The third-order valence-corrected chi connectivity index (χ3v) is 5.96. The number of aliphatic carboxylic acids is 1. The van der Waals surface area contributed by atoms with Gasteiger partial charge in [-0.3, -0.25) is 9.59 Å². The summed E-state index contributed by atoms with van der Waals surface area (Å²) in [6, 6.07) is 14.9. The fourth-order valence-corrected chi connectivity index (χ4v) is 4.17. The number of carboxylic acid groups (broad SMARTS) is 1. The van der Waals surface area contributed by atoms with Gasteiger partial charge >= 0.3 is 12.1 Å². The molecule has 3 aromatic rings. The molecule has 0 fully saturated rings. The molecule has 9 nitrogen and oxygen atoms in total. The molecule has 9 heteroatoms. The second-order valence-corrected chi connectivity index (χ2v) is 8.17. The summed E-state index contributed by atoms with van der Waals surface area (Å²) in [5.41, 5.74) is 5.15. The fraction of sp³-hybridized carbons (Fsp3) is 0.280. The third kappa shape index (κ3) is 5.09. The van der Waals surface area contributed by atoms with Crippen molar-refractivity contribution in [3.8, 4) is 11.1 Å². The molecule has 0 spiro atoms. The molecule has 1 heterocycles. The van der Waals surface area contributed by atoms with Crippen LogP contribution < -0.4 is 10.6 Å². The Bertz CT molecular complexity index is 1160. The molecule has 0 aliphatic heterocycles. The summed E-state index contributed by atoms with van der Waals surface area (Å²) in [6.45, 7) is 0.299. The summed E-state index contributed by atoms with van der Waals surface area (Å²) in [7, 11) is 1.80. The van der Waals surface area contributed by atoms with Crippen LogP contribution in [0, 0.1) is 0 Å². The number of fused-ring (bicyclic) bond motifs is 3.